The summed E-state index contributed by atoms with van der Waals surface area (Å²) in [5, 5.41) is 0. The number of nitrogens with one attached hydrogen (secondary N) is 1. The van der Waals surface area contributed by atoms with E-state index >= 15 is 0 Å². The molecule has 146 valence electrons. The molecule has 0 saturated carbocycles. The van der Waals surface area contributed by atoms with Crippen LogP contribution in [-0.4, -0.2) is 60.5 Å². The quantitative estimate of drug-likeness (QED) is 0.536. The van der Waals surface area contributed by atoms with Crippen molar-refractivity contribution in [1.29, 1.82) is 0 Å². The van der Waals surface area contributed by atoms with Gasteiger partial charge in [-0.1, -0.05) is 13.8 Å². The van der Waals surface area contributed by atoms with Crippen LogP contribution in [0.2, 0.25) is 0 Å². The Bertz CT molecular complexity index is 663. The van der Waals surface area contributed by atoms with Gasteiger partial charge in [0, 0.05) is 30.8 Å². The highest BCUT2D eigenvalue weighted by molar-refractivity contribution is 6.06. The number of carbonyl (C=O) groups is 3. The van der Waals surface area contributed by atoms with E-state index in [1.165, 1.54) is 4.90 Å². The molecule has 1 aromatic heterocycles. The van der Waals surface area contributed by atoms with Crippen molar-refractivity contribution in [3.8, 4) is 0 Å². The minimum absolute atomic E-state index is 0.112. The second-order valence-corrected chi connectivity index (χ2v) is 6.56. The lowest BCUT2D eigenvalue weighted by Crippen LogP contribution is -2.46. The Labute approximate surface area is 155 Å². The topological polar surface area (TPSA) is 88.7 Å². The maximum atomic E-state index is 13.1. The Morgan fingerprint density at radius 1 is 1.15 bits per heavy atom. The summed E-state index contributed by atoms with van der Waals surface area (Å²) in [6.45, 7) is 11.4. The molecule has 26 heavy (non-hydrogen) atoms. The molecule has 1 amide bonds. The average Bonchev–Trinajstić information content (AvgIpc) is 2.88. The van der Waals surface area contributed by atoms with Gasteiger partial charge in [-0.3, -0.25) is 9.59 Å². The fourth-order valence-corrected chi connectivity index (χ4v) is 2.89. The van der Waals surface area contributed by atoms with E-state index < -0.39 is 12.0 Å². The molecule has 0 fully saturated rings. The first-order valence-electron chi connectivity index (χ1n) is 8.87. The summed E-state index contributed by atoms with van der Waals surface area (Å²) in [6.07, 6.45) is 0. The molecule has 0 spiro atoms. The lowest BCUT2D eigenvalue weighted by molar-refractivity contribution is -0.136. The number of esters is 1. The van der Waals surface area contributed by atoms with E-state index in [-0.39, 0.29) is 29.9 Å². The molecule has 1 rings (SSSR count). The van der Waals surface area contributed by atoms with Crippen LogP contribution in [0.4, 0.5) is 0 Å². The number of Topliss-reactive ketones (excluding diaryl/α,β-unsaturated/α-hetero) is 1. The molecule has 1 atom stereocenters. The summed E-state index contributed by atoms with van der Waals surface area (Å²) in [5.74, 6) is -1.05. The summed E-state index contributed by atoms with van der Waals surface area (Å²) in [7, 11) is 1.55. The summed E-state index contributed by atoms with van der Waals surface area (Å²) >= 11 is 0. The highest BCUT2D eigenvalue weighted by Crippen LogP contribution is 2.22. The van der Waals surface area contributed by atoms with Crippen molar-refractivity contribution in [3.63, 3.8) is 0 Å². The van der Waals surface area contributed by atoms with Gasteiger partial charge in [0.1, 0.15) is 5.69 Å². The lowest BCUT2D eigenvalue weighted by Gasteiger charge is -2.30. The van der Waals surface area contributed by atoms with Crippen LogP contribution in [0.5, 0.6) is 0 Å². The molecular weight excluding hydrogens is 336 g/mol. The van der Waals surface area contributed by atoms with Gasteiger partial charge in [-0.2, -0.15) is 0 Å². The molecule has 7 nitrogen and oxygen atoms in total. The summed E-state index contributed by atoms with van der Waals surface area (Å²) in [6, 6.07) is -0.664. The fraction of sp³-hybridized carbons (Fsp3) is 0.632. The predicted octanol–water partition coefficient (Wildman–Crippen LogP) is 2.51. The first-order chi connectivity index (χ1) is 12.2. The van der Waals surface area contributed by atoms with Crippen molar-refractivity contribution in [2.75, 3.05) is 26.9 Å². The molecule has 0 bridgehead atoms. The Hall–Kier alpha value is -2.15. The highest BCUT2D eigenvalue weighted by Gasteiger charge is 2.31. The van der Waals surface area contributed by atoms with Gasteiger partial charge >= 0.3 is 5.97 Å². The Morgan fingerprint density at radius 3 is 2.27 bits per heavy atom. The van der Waals surface area contributed by atoms with Crippen LogP contribution in [0.1, 0.15) is 59.8 Å². The van der Waals surface area contributed by atoms with Crippen LogP contribution in [0.25, 0.3) is 0 Å². The van der Waals surface area contributed by atoms with Gasteiger partial charge in [0.2, 0.25) is 5.91 Å². The number of hydrogen-bond acceptors (Lipinski definition) is 5. The Balaban J connectivity index is 3.20. The van der Waals surface area contributed by atoms with Crippen molar-refractivity contribution in [2.45, 2.75) is 47.6 Å². The van der Waals surface area contributed by atoms with Crippen molar-refractivity contribution in [1.82, 2.24) is 9.88 Å². The van der Waals surface area contributed by atoms with E-state index in [0.717, 1.165) is 0 Å². The molecule has 0 unspecified atom stereocenters. The zero-order valence-corrected chi connectivity index (χ0v) is 16.8. The molecule has 1 heterocycles. The number of H-pyrrole nitrogens is 1. The number of ketones is 1. The maximum Gasteiger partial charge on any atom is 0.355 e. The van der Waals surface area contributed by atoms with Crippen molar-refractivity contribution >= 4 is 17.7 Å². The average molecular weight is 366 g/mol. The van der Waals surface area contributed by atoms with Crippen LogP contribution in [-0.2, 0) is 14.3 Å². The van der Waals surface area contributed by atoms with E-state index in [1.807, 2.05) is 0 Å². The lowest BCUT2D eigenvalue weighted by atomic mass is 9.99. The SMILES string of the molecule is CCOC(=O)c1[nH]c(C)c(C(=O)[C@@H](C)N(CCOC)C(=O)C(C)C)c1C. The van der Waals surface area contributed by atoms with Gasteiger partial charge in [0.05, 0.1) is 19.3 Å². The Morgan fingerprint density at radius 2 is 1.77 bits per heavy atom. The van der Waals surface area contributed by atoms with Crippen molar-refractivity contribution in [2.24, 2.45) is 5.92 Å². The normalized spacial score (nSPS) is 12.2. The van der Waals surface area contributed by atoms with E-state index in [1.54, 1.807) is 48.7 Å². The molecule has 1 N–H and O–H groups in total. The van der Waals surface area contributed by atoms with Crippen molar-refractivity contribution in [3.05, 3.63) is 22.5 Å². The molecule has 0 aromatic carbocycles. The minimum Gasteiger partial charge on any atom is -0.461 e. The molecule has 0 aliphatic heterocycles. The van der Waals surface area contributed by atoms with Crippen LogP contribution < -0.4 is 0 Å². The van der Waals surface area contributed by atoms with E-state index in [4.69, 9.17) is 9.47 Å². The number of amides is 1. The number of rotatable bonds is 9. The Kier molecular flexibility index (Phi) is 8.02. The molecule has 1 aromatic rings. The molecule has 0 aliphatic rings. The van der Waals surface area contributed by atoms with Crippen LogP contribution in [0.15, 0.2) is 0 Å². The summed E-state index contributed by atoms with van der Waals surface area (Å²) < 4.78 is 10.1. The number of nitrogens with zero attached hydrogens (tertiary/aromatic N) is 1. The van der Waals surface area contributed by atoms with Crippen LogP contribution >= 0.6 is 0 Å². The summed E-state index contributed by atoms with van der Waals surface area (Å²) in [5.41, 5.74) is 1.84. The van der Waals surface area contributed by atoms with E-state index in [0.29, 0.717) is 30.0 Å². The minimum atomic E-state index is -0.664. The predicted molar refractivity (Wildman–Crippen MR) is 98.4 cm³/mol. The van der Waals surface area contributed by atoms with Gasteiger partial charge in [0.15, 0.2) is 5.78 Å². The third-order valence-electron chi connectivity index (χ3n) is 4.32. The number of aromatic amines is 1. The maximum absolute atomic E-state index is 13.1. The monoisotopic (exact) mass is 366 g/mol. The largest absolute Gasteiger partial charge is 0.461 e. The van der Waals surface area contributed by atoms with Gasteiger partial charge < -0.3 is 19.4 Å². The first-order valence-corrected chi connectivity index (χ1v) is 8.87. The second-order valence-electron chi connectivity index (χ2n) is 6.56. The first kappa shape index (κ1) is 21.9. The second kappa shape index (κ2) is 9.52. The number of aryl methyl sites for hydroxylation is 1. The van der Waals surface area contributed by atoms with Gasteiger partial charge in [-0.15, -0.1) is 0 Å². The standard InChI is InChI=1S/C19H30N2O5/c1-8-26-19(24)16-12(4)15(13(5)20-16)17(22)14(6)21(9-10-25-7)18(23)11(2)3/h11,14,20H,8-10H2,1-7H3/t14-/m1/s1. The number of ether oxygens (including phenoxy) is 2. The smallest absolute Gasteiger partial charge is 0.355 e. The number of aromatic nitrogens is 1. The number of hydrogen-bond donors (Lipinski definition) is 1. The number of carbonyl (C=O) groups excluding carboxylic acids is 3. The van der Waals surface area contributed by atoms with Gasteiger partial charge in [-0.25, -0.2) is 4.79 Å². The van der Waals surface area contributed by atoms with Crippen LogP contribution in [0, 0.1) is 19.8 Å². The van der Waals surface area contributed by atoms with Crippen molar-refractivity contribution < 1.29 is 23.9 Å². The van der Waals surface area contributed by atoms with Crippen LogP contribution in [0.3, 0.4) is 0 Å². The van der Waals surface area contributed by atoms with E-state index in [9.17, 15) is 14.4 Å². The van der Waals surface area contributed by atoms with Gasteiger partial charge in [0.25, 0.3) is 0 Å². The molecule has 0 saturated heterocycles. The zero-order valence-electron chi connectivity index (χ0n) is 16.8. The van der Waals surface area contributed by atoms with E-state index in [2.05, 4.69) is 4.98 Å². The van der Waals surface area contributed by atoms with Gasteiger partial charge in [-0.05, 0) is 33.3 Å². The molecule has 0 aliphatic carbocycles. The summed E-state index contributed by atoms with van der Waals surface area (Å²) in [4.78, 5) is 42.2. The number of methoxy groups -OCH3 is 1. The fourth-order valence-electron chi connectivity index (χ4n) is 2.89. The third-order valence-corrected chi connectivity index (χ3v) is 4.32. The third kappa shape index (κ3) is 4.72. The molecule has 0 radical (unpaired) electrons. The highest BCUT2D eigenvalue weighted by atomic mass is 16.5. The molecular formula is C19H30N2O5. The molecule has 7 heteroatoms. The zero-order chi connectivity index (χ0) is 20.0.